The Hall–Kier alpha value is -2.42. The van der Waals surface area contributed by atoms with Crippen LogP contribution in [0.4, 0.5) is 0 Å². The number of amides is 1. The van der Waals surface area contributed by atoms with Crippen LogP contribution in [0, 0.1) is 0 Å². The van der Waals surface area contributed by atoms with Crippen LogP contribution in [-0.4, -0.2) is 70.1 Å². The van der Waals surface area contributed by atoms with Gasteiger partial charge in [-0.2, -0.15) is 0 Å². The van der Waals surface area contributed by atoms with Gasteiger partial charge in [-0.25, -0.2) is 4.79 Å². The third-order valence-electron chi connectivity index (χ3n) is 2.70. The fourth-order valence-corrected chi connectivity index (χ4v) is 1.59. The molecule has 1 rings (SSSR count). The maximum Gasteiger partial charge on any atom is 0.328 e. The largest absolute Gasteiger partial charge is 0.480 e. The summed E-state index contributed by atoms with van der Waals surface area (Å²) in [5.74, 6) is -1.63. The molecule has 0 bridgehead atoms. The molecule has 0 spiro atoms. The van der Waals surface area contributed by atoms with Gasteiger partial charge in [0, 0.05) is 25.4 Å². The van der Waals surface area contributed by atoms with Crippen molar-refractivity contribution in [3.8, 4) is 0 Å². The lowest BCUT2D eigenvalue weighted by molar-refractivity contribution is -0.144. The summed E-state index contributed by atoms with van der Waals surface area (Å²) in [4.78, 5) is 50.3. The number of carboxylic acids is 1. The number of nitrogens with one attached hydrogen (secondary N) is 1. The zero-order chi connectivity index (χ0) is 16.0. The highest BCUT2D eigenvalue weighted by atomic mass is 16.4. The Labute approximate surface area is 120 Å². The average molecular weight is 298 g/mol. The van der Waals surface area contributed by atoms with E-state index in [9.17, 15) is 19.2 Å². The third-order valence-corrected chi connectivity index (χ3v) is 2.70. The van der Waals surface area contributed by atoms with Crippen molar-refractivity contribution in [3.05, 3.63) is 33.1 Å². The highest BCUT2D eigenvalue weighted by molar-refractivity contribution is 5.81. The lowest BCUT2D eigenvalue weighted by Crippen LogP contribution is -2.43. The molecule has 1 amide bonds. The van der Waals surface area contributed by atoms with Gasteiger partial charge < -0.3 is 14.9 Å². The first-order valence-electron chi connectivity index (χ1n) is 6.23. The van der Waals surface area contributed by atoms with Crippen molar-refractivity contribution >= 4 is 11.9 Å². The number of aromatic nitrogens is 2. The Morgan fingerprint density at radius 2 is 1.95 bits per heavy atom. The molecule has 0 fully saturated rings. The van der Waals surface area contributed by atoms with Crippen LogP contribution < -0.4 is 11.2 Å². The molecule has 116 valence electrons. The molecule has 1 heterocycles. The fourth-order valence-electron chi connectivity index (χ4n) is 1.59. The minimum Gasteiger partial charge on any atom is -0.480 e. The highest BCUT2D eigenvalue weighted by Crippen LogP contribution is 1.94. The van der Waals surface area contributed by atoms with Crippen LogP contribution in [0.5, 0.6) is 0 Å². The number of carbonyl (C=O) groups is 2. The van der Waals surface area contributed by atoms with E-state index in [4.69, 9.17) is 5.11 Å². The van der Waals surface area contributed by atoms with Crippen LogP contribution in [-0.2, 0) is 16.1 Å². The van der Waals surface area contributed by atoms with Crippen LogP contribution in [0.15, 0.2) is 21.9 Å². The molecule has 1 aromatic heterocycles. The Balaban J connectivity index is 2.81. The zero-order valence-corrected chi connectivity index (χ0v) is 11.9. The number of aliphatic carboxylic acids is 1. The Bertz CT molecular complexity index is 619. The van der Waals surface area contributed by atoms with E-state index in [1.807, 2.05) is 9.88 Å². The lowest BCUT2D eigenvalue weighted by atomic mass is 10.4. The van der Waals surface area contributed by atoms with Gasteiger partial charge >= 0.3 is 11.7 Å². The average Bonchev–Trinajstić information content (AvgIpc) is 2.37. The molecular weight excluding hydrogens is 280 g/mol. The SMILES string of the molecule is CN(C)CCN(CC(=O)O)C(=O)Cn1ccc(=O)[nH]c1=O. The van der Waals surface area contributed by atoms with Crippen molar-refractivity contribution in [2.24, 2.45) is 0 Å². The fraction of sp³-hybridized carbons (Fsp3) is 0.500. The number of rotatable bonds is 7. The Morgan fingerprint density at radius 3 is 2.48 bits per heavy atom. The smallest absolute Gasteiger partial charge is 0.328 e. The minimum atomic E-state index is -1.13. The first-order chi connectivity index (χ1) is 9.79. The molecule has 0 aliphatic carbocycles. The second-order valence-corrected chi connectivity index (χ2v) is 4.75. The van der Waals surface area contributed by atoms with Crippen LogP contribution in [0.3, 0.4) is 0 Å². The number of carbonyl (C=O) groups excluding carboxylic acids is 1. The second kappa shape index (κ2) is 7.39. The van der Waals surface area contributed by atoms with Crippen LogP contribution in [0.2, 0.25) is 0 Å². The number of H-pyrrole nitrogens is 1. The van der Waals surface area contributed by atoms with E-state index in [1.54, 1.807) is 14.1 Å². The summed E-state index contributed by atoms with van der Waals surface area (Å²) in [5, 5.41) is 8.83. The van der Waals surface area contributed by atoms with Gasteiger partial charge in [-0.15, -0.1) is 0 Å². The van der Waals surface area contributed by atoms with Gasteiger partial charge in [-0.1, -0.05) is 0 Å². The molecule has 0 radical (unpaired) electrons. The number of hydrogen-bond donors (Lipinski definition) is 2. The van der Waals surface area contributed by atoms with Gasteiger partial charge in [0.2, 0.25) is 5.91 Å². The number of carboxylic acid groups (broad SMARTS) is 1. The van der Waals surface area contributed by atoms with Crippen molar-refractivity contribution in [2.75, 3.05) is 33.7 Å². The van der Waals surface area contributed by atoms with Crippen molar-refractivity contribution < 1.29 is 14.7 Å². The molecule has 21 heavy (non-hydrogen) atoms. The van der Waals surface area contributed by atoms with E-state index >= 15 is 0 Å². The second-order valence-electron chi connectivity index (χ2n) is 4.75. The van der Waals surface area contributed by atoms with Crippen molar-refractivity contribution in [2.45, 2.75) is 6.54 Å². The lowest BCUT2D eigenvalue weighted by Gasteiger charge is -2.22. The summed E-state index contributed by atoms with van der Waals surface area (Å²) in [6.45, 7) is -0.0309. The van der Waals surface area contributed by atoms with Crippen molar-refractivity contribution in [1.82, 2.24) is 19.4 Å². The molecule has 0 saturated heterocycles. The summed E-state index contributed by atoms with van der Waals surface area (Å²) < 4.78 is 1.02. The third kappa shape index (κ3) is 5.61. The van der Waals surface area contributed by atoms with E-state index in [-0.39, 0.29) is 13.1 Å². The monoisotopic (exact) mass is 298 g/mol. The summed E-state index contributed by atoms with van der Waals surface area (Å²) in [7, 11) is 3.60. The molecule has 0 aromatic carbocycles. The molecule has 9 heteroatoms. The summed E-state index contributed by atoms with van der Waals surface area (Å²) in [6.07, 6.45) is 1.20. The molecule has 0 saturated carbocycles. The molecule has 9 nitrogen and oxygen atoms in total. The van der Waals surface area contributed by atoms with E-state index in [0.29, 0.717) is 6.54 Å². The van der Waals surface area contributed by atoms with E-state index in [2.05, 4.69) is 0 Å². The molecule has 0 unspecified atom stereocenters. The van der Waals surface area contributed by atoms with Crippen LogP contribution in [0.25, 0.3) is 0 Å². The van der Waals surface area contributed by atoms with Gasteiger partial charge in [0.25, 0.3) is 5.56 Å². The van der Waals surface area contributed by atoms with Gasteiger partial charge in [0.1, 0.15) is 13.1 Å². The van der Waals surface area contributed by atoms with E-state index in [0.717, 1.165) is 15.5 Å². The van der Waals surface area contributed by atoms with Gasteiger partial charge in [-0.3, -0.25) is 23.9 Å². The molecule has 2 N–H and O–H groups in total. The van der Waals surface area contributed by atoms with Gasteiger partial charge in [0.05, 0.1) is 0 Å². The molecule has 0 aliphatic rings. The molecular formula is C12H18N4O5. The Morgan fingerprint density at radius 1 is 1.29 bits per heavy atom. The highest BCUT2D eigenvalue weighted by Gasteiger charge is 2.17. The topological polar surface area (TPSA) is 116 Å². The molecule has 1 aromatic rings. The number of hydrogen-bond acceptors (Lipinski definition) is 5. The maximum absolute atomic E-state index is 12.1. The number of aromatic amines is 1. The van der Waals surface area contributed by atoms with Crippen molar-refractivity contribution in [3.63, 3.8) is 0 Å². The molecule has 0 aliphatic heterocycles. The Kier molecular flexibility index (Phi) is 5.85. The number of nitrogens with zero attached hydrogens (tertiary/aromatic N) is 3. The van der Waals surface area contributed by atoms with Crippen molar-refractivity contribution in [1.29, 1.82) is 0 Å². The van der Waals surface area contributed by atoms with Gasteiger partial charge in [-0.05, 0) is 14.1 Å². The van der Waals surface area contributed by atoms with Gasteiger partial charge in [0.15, 0.2) is 0 Å². The predicted octanol–water partition coefficient (Wildman–Crippen LogP) is -1.99. The van der Waals surface area contributed by atoms with Crippen LogP contribution >= 0.6 is 0 Å². The van der Waals surface area contributed by atoms with Crippen LogP contribution in [0.1, 0.15) is 0 Å². The first kappa shape index (κ1) is 16.6. The summed E-state index contributed by atoms with van der Waals surface area (Å²) >= 11 is 0. The van der Waals surface area contributed by atoms with E-state index in [1.165, 1.54) is 6.20 Å². The maximum atomic E-state index is 12.1. The predicted molar refractivity (Wildman–Crippen MR) is 74.1 cm³/mol. The number of likely N-dealkylation sites (N-methyl/N-ethyl adjacent to an activating group) is 1. The summed E-state index contributed by atoms with van der Waals surface area (Å²) in [6, 6.07) is 1.12. The molecule has 0 atom stereocenters. The van der Waals surface area contributed by atoms with E-state index < -0.39 is 29.7 Å². The zero-order valence-electron chi connectivity index (χ0n) is 11.9. The minimum absolute atomic E-state index is 0.232. The summed E-state index contributed by atoms with van der Waals surface area (Å²) in [5.41, 5.74) is -1.27. The first-order valence-corrected chi connectivity index (χ1v) is 6.23. The standard InChI is InChI=1S/C12H18N4O5/c1-14(2)5-6-15(8-11(19)20)10(18)7-16-4-3-9(17)13-12(16)21/h3-4H,5-8H2,1-2H3,(H,19,20)(H,13,17,21). The normalized spacial score (nSPS) is 10.6. The quantitative estimate of drug-likeness (QED) is 0.602.